The normalized spacial score (nSPS) is 20.4. The summed E-state index contributed by atoms with van der Waals surface area (Å²) in [5, 5.41) is 3.46. The Hall–Kier alpha value is -1.58. The zero-order chi connectivity index (χ0) is 13.5. The van der Waals surface area contributed by atoms with E-state index in [2.05, 4.69) is 33.2 Å². The fourth-order valence-corrected chi connectivity index (χ4v) is 2.58. The number of hydrogen-bond acceptors (Lipinski definition) is 2. The Morgan fingerprint density at radius 3 is 3.16 bits per heavy atom. The molecule has 1 aromatic rings. The highest BCUT2D eigenvalue weighted by Gasteiger charge is 2.18. The van der Waals surface area contributed by atoms with Crippen LogP contribution < -0.4 is 5.32 Å². The molecule has 0 amide bonds. The quantitative estimate of drug-likeness (QED) is 0.667. The Balaban J connectivity index is 1.80. The number of pyridine rings is 1. The first-order valence-corrected chi connectivity index (χ1v) is 7.14. The van der Waals surface area contributed by atoms with Crippen molar-refractivity contribution in [2.24, 2.45) is 10.9 Å². The molecule has 0 aromatic carbocycles. The van der Waals surface area contributed by atoms with Crippen LogP contribution in [-0.4, -0.2) is 42.5 Å². The van der Waals surface area contributed by atoms with Crippen LogP contribution in [0.3, 0.4) is 0 Å². The van der Waals surface area contributed by atoms with Gasteiger partial charge in [0.25, 0.3) is 0 Å². The van der Waals surface area contributed by atoms with Gasteiger partial charge < -0.3 is 10.2 Å². The van der Waals surface area contributed by atoms with Gasteiger partial charge in [-0.1, -0.05) is 13.0 Å². The highest BCUT2D eigenvalue weighted by Crippen LogP contribution is 2.15. The number of rotatable bonds is 3. The molecular formula is C15H24N4. The number of aliphatic imine (C=N–C) groups is 1. The van der Waals surface area contributed by atoms with Crippen LogP contribution in [0.15, 0.2) is 29.5 Å². The van der Waals surface area contributed by atoms with E-state index in [0.29, 0.717) is 0 Å². The third-order valence-electron chi connectivity index (χ3n) is 3.59. The molecule has 0 bridgehead atoms. The van der Waals surface area contributed by atoms with E-state index in [4.69, 9.17) is 0 Å². The smallest absolute Gasteiger partial charge is 0.193 e. The van der Waals surface area contributed by atoms with E-state index < -0.39 is 0 Å². The summed E-state index contributed by atoms with van der Waals surface area (Å²) in [4.78, 5) is 10.9. The van der Waals surface area contributed by atoms with Crippen molar-refractivity contribution in [1.82, 2.24) is 15.2 Å². The molecule has 1 unspecified atom stereocenters. The summed E-state index contributed by atoms with van der Waals surface area (Å²) < 4.78 is 0. The number of guanidine groups is 1. The molecule has 4 heteroatoms. The molecule has 2 heterocycles. The highest BCUT2D eigenvalue weighted by atomic mass is 15.3. The number of nitrogens with zero attached hydrogens (tertiary/aromatic N) is 3. The van der Waals surface area contributed by atoms with E-state index in [1.165, 1.54) is 18.4 Å². The van der Waals surface area contributed by atoms with Crippen molar-refractivity contribution in [1.29, 1.82) is 0 Å². The minimum absolute atomic E-state index is 0.769. The topological polar surface area (TPSA) is 40.5 Å². The first-order valence-electron chi connectivity index (χ1n) is 7.14. The Kier molecular flexibility index (Phi) is 5.19. The van der Waals surface area contributed by atoms with Gasteiger partial charge in [0.2, 0.25) is 0 Å². The van der Waals surface area contributed by atoms with Crippen molar-refractivity contribution < 1.29 is 0 Å². The van der Waals surface area contributed by atoms with E-state index in [1.54, 1.807) is 0 Å². The first kappa shape index (κ1) is 13.8. The van der Waals surface area contributed by atoms with Crippen LogP contribution in [0.5, 0.6) is 0 Å². The second kappa shape index (κ2) is 7.12. The number of piperidine rings is 1. The van der Waals surface area contributed by atoms with Crippen LogP contribution in [-0.2, 0) is 6.42 Å². The molecule has 1 atom stereocenters. The van der Waals surface area contributed by atoms with Gasteiger partial charge in [0.15, 0.2) is 5.96 Å². The summed E-state index contributed by atoms with van der Waals surface area (Å²) in [6.07, 6.45) is 7.32. The van der Waals surface area contributed by atoms with E-state index in [-0.39, 0.29) is 0 Å². The van der Waals surface area contributed by atoms with E-state index in [0.717, 1.165) is 37.9 Å². The van der Waals surface area contributed by atoms with Crippen LogP contribution in [0.2, 0.25) is 0 Å². The molecule has 19 heavy (non-hydrogen) atoms. The number of nitrogens with one attached hydrogen (secondary N) is 1. The largest absolute Gasteiger partial charge is 0.356 e. The van der Waals surface area contributed by atoms with Gasteiger partial charge in [-0.05, 0) is 36.8 Å². The zero-order valence-corrected chi connectivity index (χ0v) is 12.0. The van der Waals surface area contributed by atoms with Gasteiger partial charge in [0.1, 0.15) is 0 Å². The van der Waals surface area contributed by atoms with Crippen molar-refractivity contribution >= 4 is 5.96 Å². The van der Waals surface area contributed by atoms with E-state index in [9.17, 15) is 0 Å². The van der Waals surface area contributed by atoms with Crippen LogP contribution in [0.1, 0.15) is 25.3 Å². The van der Waals surface area contributed by atoms with Crippen molar-refractivity contribution in [3.63, 3.8) is 0 Å². The zero-order valence-electron chi connectivity index (χ0n) is 12.0. The Morgan fingerprint density at radius 2 is 2.47 bits per heavy atom. The van der Waals surface area contributed by atoms with Gasteiger partial charge in [-0.15, -0.1) is 0 Å². The maximum atomic E-state index is 4.39. The molecule has 0 radical (unpaired) electrons. The van der Waals surface area contributed by atoms with Gasteiger partial charge >= 0.3 is 0 Å². The third kappa shape index (κ3) is 4.23. The molecule has 2 rings (SSSR count). The predicted octanol–water partition coefficient (Wildman–Crippen LogP) is 1.93. The Bertz CT molecular complexity index is 402. The lowest BCUT2D eigenvalue weighted by Crippen LogP contribution is -2.46. The fourth-order valence-electron chi connectivity index (χ4n) is 2.58. The fraction of sp³-hybridized carbons (Fsp3) is 0.600. The third-order valence-corrected chi connectivity index (χ3v) is 3.59. The summed E-state index contributed by atoms with van der Waals surface area (Å²) >= 11 is 0. The average Bonchev–Trinajstić information content (AvgIpc) is 2.45. The molecule has 1 aromatic heterocycles. The SMILES string of the molecule is CN=C(NCCc1cccnc1)N1CCCC(C)C1. The number of aromatic nitrogens is 1. The van der Waals surface area contributed by atoms with Gasteiger partial charge in [-0.2, -0.15) is 0 Å². The highest BCUT2D eigenvalue weighted by molar-refractivity contribution is 5.79. The molecule has 0 aliphatic carbocycles. The van der Waals surface area contributed by atoms with Crippen LogP contribution in [0.25, 0.3) is 0 Å². The van der Waals surface area contributed by atoms with Crippen LogP contribution >= 0.6 is 0 Å². The molecule has 1 fully saturated rings. The molecule has 1 saturated heterocycles. The summed E-state index contributed by atoms with van der Waals surface area (Å²) in [6.45, 7) is 5.46. The lowest BCUT2D eigenvalue weighted by molar-refractivity contribution is 0.266. The van der Waals surface area contributed by atoms with Crippen molar-refractivity contribution in [2.45, 2.75) is 26.2 Å². The molecule has 0 spiro atoms. The van der Waals surface area contributed by atoms with Gasteiger partial charge in [-0.3, -0.25) is 9.98 Å². The molecule has 0 saturated carbocycles. The number of hydrogen-bond donors (Lipinski definition) is 1. The predicted molar refractivity (Wildman–Crippen MR) is 79.3 cm³/mol. The Morgan fingerprint density at radius 1 is 1.58 bits per heavy atom. The Labute approximate surface area is 115 Å². The van der Waals surface area contributed by atoms with Crippen molar-refractivity contribution in [3.05, 3.63) is 30.1 Å². The van der Waals surface area contributed by atoms with Gasteiger partial charge in [0.05, 0.1) is 0 Å². The molecule has 104 valence electrons. The molecule has 4 nitrogen and oxygen atoms in total. The molecule has 1 aliphatic rings. The van der Waals surface area contributed by atoms with Crippen LogP contribution in [0.4, 0.5) is 0 Å². The monoisotopic (exact) mass is 260 g/mol. The van der Waals surface area contributed by atoms with Crippen LogP contribution in [0, 0.1) is 5.92 Å². The lowest BCUT2D eigenvalue weighted by Gasteiger charge is -2.33. The lowest BCUT2D eigenvalue weighted by atomic mass is 10.0. The van der Waals surface area contributed by atoms with Crippen molar-refractivity contribution in [3.8, 4) is 0 Å². The average molecular weight is 260 g/mol. The molecule has 1 aliphatic heterocycles. The summed E-state index contributed by atoms with van der Waals surface area (Å²) in [6, 6.07) is 4.09. The van der Waals surface area contributed by atoms with E-state index >= 15 is 0 Å². The summed E-state index contributed by atoms with van der Waals surface area (Å²) in [5.74, 6) is 1.81. The summed E-state index contributed by atoms with van der Waals surface area (Å²) in [5.41, 5.74) is 1.26. The maximum Gasteiger partial charge on any atom is 0.193 e. The van der Waals surface area contributed by atoms with Gasteiger partial charge in [-0.25, -0.2) is 0 Å². The summed E-state index contributed by atoms with van der Waals surface area (Å²) in [7, 11) is 1.87. The number of likely N-dealkylation sites (tertiary alicyclic amines) is 1. The van der Waals surface area contributed by atoms with E-state index in [1.807, 2.05) is 25.5 Å². The second-order valence-electron chi connectivity index (χ2n) is 5.28. The minimum atomic E-state index is 0.769. The molecule has 1 N–H and O–H groups in total. The minimum Gasteiger partial charge on any atom is -0.356 e. The standard InChI is InChI=1S/C15H24N4/c1-13-5-4-10-19(12-13)15(16-2)18-9-7-14-6-3-8-17-11-14/h3,6,8,11,13H,4-5,7,9-10,12H2,1-2H3,(H,16,18). The van der Waals surface area contributed by atoms with Crippen molar-refractivity contribution in [2.75, 3.05) is 26.7 Å². The molecular weight excluding hydrogens is 236 g/mol. The second-order valence-corrected chi connectivity index (χ2v) is 5.28. The first-order chi connectivity index (χ1) is 9.29. The maximum absolute atomic E-state index is 4.39. The van der Waals surface area contributed by atoms with Gasteiger partial charge in [0, 0.05) is 39.1 Å².